The minimum atomic E-state index is -1.97. The van der Waals surface area contributed by atoms with Crippen LogP contribution in [0.15, 0.2) is 78.9 Å². The number of fused-ring (bicyclic) bond motifs is 2. The van der Waals surface area contributed by atoms with E-state index in [9.17, 15) is 29.4 Å². The first-order valence-corrected chi connectivity index (χ1v) is 20.2. The average molecular weight is 747 g/mol. The molecule has 3 aromatic carbocycles. The lowest BCUT2D eigenvalue weighted by molar-refractivity contribution is -0.139. The SMILES string of the molecule is C[C@H](/C=C/CC(=O)N1Cc2ccccc2C[C@H]1CO)[C@@]1(O)C(=O)N(Cc2cccc(N3CCCCCCC3=O)c2)c2ccc(N3CCCCCCC3=O)cc21. The van der Waals surface area contributed by atoms with Crippen molar-refractivity contribution in [1.82, 2.24) is 4.90 Å². The van der Waals surface area contributed by atoms with Gasteiger partial charge < -0.3 is 29.8 Å². The van der Waals surface area contributed by atoms with Crippen LogP contribution >= 0.6 is 0 Å². The lowest BCUT2D eigenvalue weighted by Gasteiger charge is -2.36. The van der Waals surface area contributed by atoms with E-state index in [1.165, 1.54) is 0 Å². The van der Waals surface area contributed by atoms with Crippen molar-refractivity contribution in [2.45, 2.75) is 109 Å². The van der Waals surface area contributed by atoms with Crippen molar-refractivity contribution in [3.63, 3.8) is 0 Å². The van der Waals surface area contributed by atoms with Gasteiger partial charge in [0.25, 0.3) is 5.91 Å². The van der Waals surface area contributed by atoms with Gasteiger partial charge in [0.05, 0.1) is 24.9 Å². The molecule has 7 rings (SSSR count). The highest BCUT2D eigenvalue weighted by Gasteiger charge is 2.53. The molecule has 4 amide bonds. The summed E-state index contributed by atoms with van der Waals surface area (Å²) in [4.78, 5) is 61.5. The molecule has 2 saturated heterocycles. The minimum Gasteiger partial charge on any atom is -0.394 e. The Kier molecular flexibility index (Phi) is 11.8. The molecule has 0 aromatic heterocycles. The molecular formula is C45H54N4O6. The second-order valence-corrected chi connectivity index (χ2v) is 15.7. The number of rotatable bonds is 9. The van der Waals surface area contributed by atoms with Gasteiger partial charge in [-0.15, -0.1) is 0 Å². The van der Waals surface area contributed by atoms with Gasteiger partial charge in [-0.1, -0.05) is 81.2 Å². The summed E-state index contributed by atoms with van der Waals surface area (Å²) >= 11 is 0. The van der Waals surface area contributed by atoms with Gasteiger partial charge in [0, 0.05) is 61.8 Å². The van der Waals surface area contributed by atoms with Crippen LogP contribution in [-0.4, -0.2) is 64.5 Å². The fourth-order valence-corrected chi connectivity index (χ4v) is 8.80. The van der Waals surface area contributed by atoms with E-state index < -0.39 is 17.4 Å². The zero-order valence-corrected chi connectivity index (χ0v) is 32.0. The quantitative estimate of drug-likeness (QED) is 0.240. The number of carbonyl (C=O) groups is 4. The van der Waals surface area contributed by atoms with Crippen molar-refractivity contribution < 1.29 is 29.4 Å². The highest BCUT2D eigenvalue weighted by Crippen LogP contribution is 2.47. The third kappa shape index (κ3) is 7.98. The first kappa shape index (κ1) is 38.5. The molecule has 4 aliphatic heterocycles. The van der Waals surface area contributed by atoms with Crippen LogP contribution in [0.3, 0.4) is 0 Å². The predicted molar refractivity (Wildman–Crippen MR) is 213 cm³/mol. The van der Waals surface area contributed by atoms with E-state index in [-0.39, 0.29) is 43.3 Å². The van der Waals surface area contributed by atoms with Crippen LogP contribution in [0.4, 0.5) is 17.1 Å². The third-order valence-corrected chi connectivity index (χ3v) is 12.0. The molecule has 4 heterocycles. The summed E-state index contributed by atoms with van der Waals surface area (Å²) in [6.07, 6.45) is 12.8. The molecular weight excluding hydrogens is 693 g/mol. The molecule has 0 spiro atoms. The standard InChI is InChI=1S/C45H54N4O6/c1-32(14-12-21-43(53)48-30-35-17-9-8-16-34(35)27-38(48)31-50)45(55)39-28-37(47-25-11-5-3-7-20-42(47)52)22-23-40(39)49(44(45)54)29-33-15-13-18-36(26-33)46-24-10-4-2-6-19-41(46)51/h8-9,12-18,22-23,26,28,32,38,50,55H,2-7,10-11,19-21,24-25,27,29-31H2,1H3/b14-12+/t32-,38+,45+/m1/s1. The number of aliphatic hydroxyl groups is 2. The van der Waals surface area contributed by atoms with Crippen LogP contribution < -0.4 is 14.7 Å². The Hall–Kier alpha value is -4.80. The predicted octanol–water partition coefficient (Wildman–Crippen LogP) is 6.54. The van der Waals surface area contributed by atoms with Gasteiger partial charge in [0.15, 0.2) is 5.60 Å². The summed E-state index contributed by atoms with van der Waals surface area (Å²) in [7, 11) is 0. The summed E-state index contributed by atoms with van der Waals surface area (Å²) in [5, 5.41) is 22.8. The molecule has 0 bridgehead atoms. The van der Waals surface area contributed by atoms with Crippen LogP contribution in [0, 0.1) is 5.92 Å². The van der Waals surface area contributed by atoms with E-state index in [2.05, 4.69) is 0 Å². The highest BCUT2D eigenvalue weighted by atomic mass is 16.3. The van der Waals surface area contributed by atoms with Crippen LogP contribution in [0.5, 0.6) is 0 Å². The van der Waals surface area contributed by atoms with E-state index in [1.807, 2.05) is 65.6 Å². The molecule has 3 atom stereocenters. The monoisotopic (exact) mass is 746 g/mol. The molecule has 3 aromatic rings. The highest BCUT2D eigenvalue weighted by molar-refractivity contribution is 6.08. The molecule has 290 valence electrons. The first-order valence-electron chi connectivity index (χ1n) is 20.2. The van der Waals surface area contributed by atoms with Crippen LogP contribution in [0.25, 0.3) is 0 Å². The van der Waals surface area contributed by atoms with Crippen LogP contribution in [-0.2, 0) is 44.3 Å². The second-order valence-electron chi connectivity index (χ2n) is 15.7. The normalized spacial score (nSPS) is 22.9. The molecule has 0 aliphatic carbocycles. The summed E-state index contributed by atoms with van der Waals surface area (Å²) < 4.78 is 0. The van der Waals surface area contributed by atoms with Gasteiger partial charge in [-0.25, -0.2) is 0 Å². The Balaban J connectivity index is 1.17. The Labute approximate surface area is 324 Å². The first-order chi connectivity index (χ1) is 26.7. The summed E-state index contributed by atoms with van der Waals surface area (Å²) in [5.41, 5.74) is 3.51. The number of hydrogen-bond acceptors (Lipinski definition) is 6. The van der Waals surface area contributed by atoms with E-state index in [0.29, 0.717) is 55.8 Å². The largest absolute Gasteiger partial charge is 0.394 e. The molecule has 0 radical (unpaired) electrons. The van der Waals surface area contributed by atoms with Gasteiger partial charge in [0.1, 0.15) is 0 Å². The second kappa shape index (κ2) is 16.9. The Morgan fingerprint density at radius 3 is 2.16 bits per heavy atom. The van der Waals surface area contributed by atoms with E-state index >= 15 is 0 Å². The fourth-order valence-electron chi connectivity index (χ4n) is 8.80. The zero-order chi connectivity index (χ0) is 38.5. The van der Waals surface area contributed by atoms with E-state index in [4.69, 9.17) is 0 Å². The van der Waals surface area contributed by atoms with E-state index in [1.54, 1.807) is 39.8 Å². The number of carbonyl (C=O) groups excluding carboxylic acids is 4. The van der Waals surface area contributed by atoms with Crippen molar-refractivity contribution >= 4 is 40.7 Å². The molecule has 0 unspecified atom stereocenters. The summed E-state index contributed by atoms with van der Waals surface area (Å²) in [6, 6.07) is 20.9. The van der Waals surface area contributed by atoms with Crippen LogP contribution in [0.2, 0.25) is 0 Å². The molecule has 10 nitrogen and oxygen atoms in total. The average Bonchev–Trinajstić information content (AvgIpc) is 3.39. The van der Waals surface area contributed by atoms with Gasteiger partial charge in [0.2, 0.25) is 17.7 Å². The van der Waals surface area contributed by atoms with Gasteiger partial charge in [-0.3, -0.25) is 19.2 Å². The Morgan fingerprint density at radius 2 is 1.47 bits per heavy atom. The smallest absolute Gasteiger partial charge is 0.264 e. The number of anilines is 3. The lowest BCUT2D eigenvalue weighted by atomic mass is 9.82. The maximum atomic E-state index is 14.6. The number of benzene rings is 3. The van der Waals surface area contributed by atoms with E-state index in [0.717, 1.165) is 73.7 Å². The van der Waals surface area contributed by atoms with Crippen molar-refractivity contribution in [1.29, 1.82) is 0 Å². The fraction of sp³-hybridized carbons (Fsp3) is 0.467. The van der Waals surface area contributed by atoms with Crippen LogP contribution in [0.1, 0.15) is 99.8 Å². The minimum absolute atomic E-state index is 0.0351. The molecule has 55 heavy (non-hydrogen) atoms. The number of hydrogen-bond donors (Lipinski definition) is 2. The third-order valence-electron chi connectivity index (χ3n) is 12.0. The van der Waals surface area contributed by atoms with Crippen molar-refractivity contribution in [3.05, 3.63) is 101 Å². The number of amides is 4. The van der Waals surface area contributed by atoms with Gasteiger partial charge >= 0.3 is 0 Å². The molecule has 10 heteroatoms. The Morgan fingerprint density at radius 1 is 0.818 bits per heavy atom. The molecule has 2 fully saturated rings. The topological polar surface area (TPSA) is 122 Å². The van der Waals surface area contributed by atoms with Crippen molar-refractivity contribution in [2.75, 3.05) is 34.4 Å². The summed E-state index contributed by atoms with van der Waals surface area (Å²) in [5.74, 6) is -1.21. The molecule has 2 N–H and O–H groups in total. The molecule has 4 aliphatic rings. The number of aliphatic hydroxyl groups excluding tert-OH is 1. The van der Waals surface area contributed by atoms with Crippen molar-refractivity contribution in [3.8, 4) is 0 Å². The van der Waals surface area contributed by atoms with Gasteiger partial charge in [-0.2, -0.15) is 0 Å². The molecule has 0 saturated carbocycles. The lowest BCUT2D eigenvalue weighted by Crippen LogP contribution is -2.46. The maximum Gasteiger partial charge on any atom is 0.264 e. The maximum absolute atomic E-state index is 14.6. The zero-order valence-electron chi connectivity index (χ0n) is 32.0. The Bertz CT molecular complexity index is 1940. The summed E-state index contributed by atoms with van der Waals surface area (Å²) in [6.45, 7) is 3.47. The number of nitrogens with zero attached hydrogens (tertiary/aromatic N) is 4. The van der Waals surface area contributed by atoms with Gasteiger partial charge in [-0.05, 0) is 79.1 Å². The van der Waals surface area contributed by atoms with Crippen molar-refractivity contribution in [2.24, 2.45) is 5.92 Å².